The van der Waals surface area contributed by atoms with Gasteiger partial charge in [0.15, 0.2) is 0 Å². The fraction of sp³-hybridized carbons (Fsp3) is 1.00. The Labute approximate surface area is 59.7 Å². The minimum Gasteiger partial charge on any atom is -0.0693 e. The first-order valence-corrected chi connectivity index (χ1v) is 7.43. The van der Waals surface area contributed by atoms with Gasteiger partial charge >= 0.3 is 0 Å². The zero-order valence-corrected chi connectivity index (χ0v) is 8.07. The van der Waals surface area contributed by atoms with Gasteiger partial charge in [0.2, 0.25) is 0 Å². The minimum absolute atomic E-state index is 0.666. The monoisotopic (exact) mass is 142 g/mol. The summed E-state index contributed by atoms with van der Waals surface area (Å²) in [6.45, 7) is 9.86. The molecule has 0 aromatic carbocycles. The molecule has 0 N–H and O–H groups in total. The maximum atomic E-state index is 2.52. The van der Waals surface area contributed by atoms with Crippen LogP contribution >= 0.6 is 0 Å². The summed E-state index contributed by atoms with van der Waals surface area (Å²) in [6, 6.07) is 3.13. The average molecular weight is 142 g/mol. The molecule has 1 aliphatic rings. The van der Waals surface area contributed by atoms with Crippen LogP contribution in [-0.4, -0.2) is 8.07 Å². The van der Waals surface area contributed by atoms with E-state index in [1.807, 2.05) is 0 Å². The molecule has 0 spiro atoms. The van der Waals surface area contributed by atoms with Crippen molar-refractivity contribution in [2.45, 2.75) is 39.0 Å². The van der Waals surface area contributed by atoms with Crippen LogP contribution in [-0.2, 0) is 0 Å². The van der Waals surface area contributed by atoms with Crippen LogP contribution < -0.4 is 0 Å². The molecular formula is C8H18Si. The van der Waals surface area contributed by atoms with E-state index in [1.54, 1.807) is 12.1 Å². The highest BCUT2D eigenvalue weighted by Gasteiger charge is 2.35. The third kappa shape index (κ3) is 1.57. The summed E-state index contributed by atoms with van der Waals surface area (Å²) in [5, 5.41) is 0. The lowest BCUT2D eigenvalue weighted by molar-refractivity contribution is 0.486. The number of hydrogen-bond donors (Lipinski definition) is 0. The second kappa shape index (κ2) is 2.12. The van der Waals surface area contributed by atoms with Gasteiger partial charge in [0.25, 0.3) is 0 Å². The van der Waals surface area contributed by atoms with Crippen LogP contribution in [0.4, 0.5) is 0 Å². The van der Waals surface area contributed by atoms with Crippen molar-refractivity contribution in [3.8, 4) is 0 Å². The van der Waals surface area contributed by atoms with Crippen molar-refractivity contribution in [3.05, 3.63) is 0 Å². The largest absolute Gasteiger partial charge is 0.0693 e. The molecule has 1 aliphatic heterocycles. The third-order valence-corrected chi connectivity index (χ3v) is 6.22. The zero-order chi connectivity index (χ0) is 7.07. The smallest absolute Gasteiger partial charge is 0.0479 e. The highest BCUT2D eigenvalue weighted by Crippen LogP contribution is 2.38. The molecule has 1 rings (SSSR count). The number of hydrogen-bond acceptors (Lipinski definition) is 0. The predicted octanol–water partition coefficient (Wildman–Crippen LogP) is 2.98. The van der Waals surface area contributed by atoms with E-state index in [1.165, 1.54) is 0 Å². The fourth-order valence-corrected chi connectivity index (χ4v) is 6.69. The van der Waals surface area contributed by atoms with Gasteiger partial charge in [0.05, 0.1) is 0 Å². The predicted molar refractivity (Wildman–Crippen MR) is 45.4 cm³/mol. The Morgan fingerprint density at radius 2 is 1.33 bits per heavy atom. The van der Waals surface area contributed by atoms with Gasteiger partial charge in [0, 0.05) is 8.07 Å². The second-order valence-corrected chi connectivity index (χ2v) is 9.67. The maximum absolute atomic E-state index is 2.52. The van der Waals surface area contributed by atoms with Crippen LogP contribution in [0, 0.1) is 11.8 Å². The van der Waals surface area contributed by atoms with Crippen LogP contribution in [0.15, 0.2) is 0 Å². The summed E-state index contributed by atoms with van der Waals surface area (Å²) in [5.41, 5.74) is 0. The van der Waals surface area contributed by atoms with E-state index >= 15 is 0 Å². The van der Waals surface area contributed by atoms with Gasteiger partial charge in [0.1, 0.15) is 0 Å². The Morgan fingerprint density at radius 1 is 1.00 bits per heavy atom. The molecule has 9 heavy (non-hydrogen) atoms. The molecule has 0 aliphatic carbocycles. The zero-order valence-electron chi connectivity index (χ0n) is 7.07. The Kier molecular flexibility index (Phi) is 1.72. The van der Waals surface area contributed by atoms with E-state index < -0.39 is 8.07 Å². The first-order chi connectivity index (χ1) is 4.01. The van der Waals surface area contributed by atoms with E-state index in [0.29, 0.717) is 0 Å². The van der Waals surface area contributed by atoms with Crippen LogP contribution in [0.2, 0.25) is 25.2 Å². The normalized spacial score (nSPS) is 41.3. The van der Waals surface area contributed by atoms with Crippen molar-refractivity contribution < 1.29 is 0 Å². The van der Waals surface area contributed by atoms with Crippen molar-refractivity contribution >= 4 is 8.07 Å². The van der Waals surface area contributed by atoms with Gasteiger partial charge in [-0.05, 0) is 11.8 Å². The highest BCUT2D eigenvalue weighted by atomic mass is 28.3. The second-order valence-electron chi connectivity index (χ2n) is 4.53. The minimum atomic E-state index is -0.666. The summed E-state index contributed by atoms with van der Waals surface area (Å²) in [4.78, 5) is 0. The Balaban J connectivity index is 2.54. The van der Waals surface area contributed by atoms with E-state index in [4.69, 9.17) is 0 Å². The van der Waals surface area contributed by atoms with Crippen LogP contribution in [0.25, 0.3) is 0 Å². The molecular weight excluding hydrogens is 124 g/mol. The SMILES string of the molecule is CC1C[Si](C)(C)CC1C. The van der Waals surface area contributed by atoms with Crippen LogP contribution in [0.3, 0.4) is 0 Å². The Morgan fingerprint density at radius 3 is 1.44 bits per heavy atom. The third-order valence-electron chi connectivity index (χ3n) is 2.72. The average Bonchev–Trinajstić information content (AvgIpc) is 1.79. The molecule has 0 radical (unpaired) electrons. The van der Waals surface area contributed by atoms with E-state index in [0.717, 1.165) is 11.8 Å². The van der Waals surface area contributed by atoms with Crippen molar-refractivity contribution in [1.82, 2.24) is 0 Å². The van der Waals surface area contributed by atoms with Crippen molar-refractivity contribution in [2.24, 2.45) is 11.8 Å². The van der Waals surface area contributed by atoms with E-state index in [2.05, 4.69) is 26.9 Å². The fourth-order valence-electron chi connectivity index (χ4n) is 2.23. The molecule has 0 nitrogen and oxygen atoms in total. The summed E-state index contributed by atoms with van der Waals surface area (Å²) in [7, 11) is -0.666. The summed E-state index contributed by atoms with van der Waals surface area (Å²) < 4.78 is 0. The summed E-state index contributed by atoms with van der Waals surface area (Å²) >= 11 is 0. The highest BCUT2D eigenvalue weighted by molar-refractivity contribution is 6.78. The molecule has 0 amide bonds. The Bertz CT molecular complexity index is 95.1. The molecule has 1 heteroatoms. The first-order valence-electron chi connectivity index (χ1n) is 4.01. The molecule has 0 aromatic rings. The molecule has 54 valence electrons. The van der Waals surface area contributed by atoms with Crippen molar-refractivity contribution in [1.29, 1.82) is 0 Å². The molecule has 0 aromatic heterocycles. The van der Waals surface area contributed by atoms with Gasteiger partial charge in [-0.3, -0.25) is 0 Å². The lowest BCUT2D eigenvalue weighted by Gasteiger charge is -2.12. The van der Waals surface area contributed by atoms with E-state index in [-0.39, 0.29) is 0 Å². The quantitative estimate of drug-likeness (QED) is 0.456. The van der Waals surface area contributed by atoms with Gasteiger partial charge in [-0.1, -0.05) is 39.0 Å². The van der Waals surface area contributed by atoms with Crippen molar-refractivity contribution in [3.63, 3.8) is 0 Å². The lowest BCUT2D eigenvalue weighted by atomic mass is 10.0. The van der Waals surface area contributed by atoms with Gasteiger partial charge in [-0.2, -0.15) is 0 Å². The molecule has 1 saturated heterocycles. The van der Waals surface area contributed by atoms with Crippen molar-refractivity contribution in [2.75, 3.05) is 0 Å². The first kappa shape index (κ1) is 7.33. The summed E-state index contributed by atoms with van der Waals surface area (Å²) in [5.74, 6) is 2.04. The topological polar surface area (TPSA) is 0 Å². The van der Waals surface area contributed by atoms with E-state index in [9.17, 15) is 0 Å². The van der Waals surface area contributed by atoms with Gasteiger partial charge < -0.3 is 0 Å². The molecule has 1 heterocycles. The molecule has 1 fully saturated rings. The lowest BCUT2D eigenvalue weighted by Crippen LogP contribution is -2.19. The molecule has 0 saturated carbocycles. The summed E-state index contributed by atoms with van der Waals surface area (Å²) in [6.07, 6.45) is 0. The molecule has 2 atom stereocenters. The van der Waals surface area contributed by atoms with Crippen LogP contribution in [0.1, 0.15) is 13.8 Å². The molecule has 0 bridgehead atoms. The molecule has 2 unspecified atom stereocenters. The standard InChI is InChI=1S/C8H18Si/c1-7-5-9(3,4)6-8(7)2/h7-8H,5-6H2,1-4H3. The van der Waals surface area contributed by atoms with Crippen LogP contribution in [0.5, 0.6) is 0 Å². The number of rotatable bonds is 0. The van der Waals surface area contributed by atoms with Gasteiger partial charge in [-0.15, -0.1) is 0 Å². The van der Waals surface area contributed by atoms with Gasteiger partial charge in [-0.25, -0.2) is 0 Å². The maximum Gasteiger partial charge on any atom is 0.0479 e. The Hall–Kier alpha value is 0.217.